The smallest absolute Gasteiger partial charge is 0.0166 e. The second-order valence-electron chi connectivity index (χ2n) is 25.8. The summed E-state index contributed by atoms with van der Waals surface area (Å²) < 4.78 is 0. The van der Waals surface area contributed by atoms with E-state index in [-0.39, 0.29) is 40.2 Å². The Balaban J connectivity index is 0.00000443. The van der Waals surface area contributed by atoms with Gasteiger partial charge in [0.2, 0.25) is 0 Å². The molecule has 0 amide bonds. The van der Waals surface area contributed by atoms with E-state index in [1.807, 2.05) is 61.2 Å². The van der Waals surface area contributed by atoms with E-state index >= 15 is 0 Å². The van der Waals surface area contributed by atoms with Crippen molar-refractivity contribution in [1.29, 1.82) is 0 Å². The molecule has 0 bridgehead atoms. The number of aryl methyl sites for hydroxylation is 1. The number of hydrogen-bond donors (Lipinski definition) is 0. The molecular weight excluding hydrogens is 1630 g/mol. The molecule has 17 aromatic rings. The molecule has 105 heavy (non-hydrogen) atoms. The van der Waals surface area contributed by atoms with Gasteiger partial charge in [-0.15, -0.1) is 107 Å². The fourth-order valence-electron chi connectivity index (χ4n) is 14.2. The molecule has 502 valence electrons. The van der Waals surface area contributed by atoms with Crippen molar-refractivity contribution in [3.05, 3.63) is 400 Å². The van der Waals surface area contributed by atoms with Crippen molar-refractivity contribution in [2.75, 3.05) is 0 Å². The third-order valence-corrected chi connectivity index (χ3v) is 19.2. The molecule has 0 N–H and O–H groups in total. The fourth-order valence-corrected chi connectivity index (χ4v) is 14.2. The van der Waals surface area contributed by atoms with E-state index in [4.69, 9.17) is 19.9 Å². The van der Waals surface area contributed by atoms with Crippen LogP contribution in [0, 0.1) is 31.2 Å². The fraction of sp³-hybridized carbons (Fsp3) is 0.0101. The standard InChI is InChI=1S/C99H64N4.2Ir/c1-67-58-84(98-86(72-40-44-74(45-41-72)96-65-78(52-56-102-96)70-26-10-4-11-27-70)34-20-35-87(98)73-42-46-75(47-43-73)97-66-79(53-57-103-97)71-28-12-5-13-29-71)62-85(59-67)99-90(88-50-48-82(94-38-14-16-54-100-94)63-92(88)80-32-18-30-76(60-80)68-22-6-2-7-23-68)36-21-37-91(99)89-51-49-83(95-39-15-17-55-101-95)64-93(89)81-33-19-31-77(61-81)69-24-8-3-9-25-69;;/h2-44,46,50-66H,1H3;;/q-4;;. The monoisotopic (exact) mass is 1690 g/mol. The van der Waals surface area contributed by atoms with Gasteiger partial charge in [0, 0.05) is 65.0 Å². The zero-order chi connectivity index (χ0) is 68.8. The van der Waals surface area contributed by atoms with E-state index < -0.39 is 0 Å². The van der Waals surface area contributed by atoms with Gasteiger partial charge in [-0.05, 0) is 156 Å². The molecule has 13 aromatic carbocycles. The summed E-state index contributed by atoms with van der Waals surface area (Å²) in [5.41, 5.74) is 33.8. The Kier molecular flexibility index (Phi) is 20.3. The van der Waals surface area contributed by atoms with Gasteiger partial charge in [0.25, 0.3) is 0 Å². The maximum atomic E-state index is 4.88. The molecular formula is C99H64Ir2N4-4. The van der Waals surface area contributed by atoms with E-state index in [1.54, 1.807) is 0 Å². The van der Waals surface area contributed by atoms with Crippen molar-refractivity contribution in [2.45, 2.75) is 6.92 Å². The maximum Gasteiger partial charge on any atom is 0.0166 e. The van der Waals surface area contributed by atoms with Crippen molar-refractivity contribution < 1.29 is 40.2 Å². The van der Waals surface area contributed by atoms with Gasteiger partial charge >= 0.3 is 0 Å². The molecule has 2 radical (unpaired) electrons. The zero-order valence-electron chi connectivity index (χ0n) is 57.2. The zero-order valence-corrected chi connectivity index (χ0v) is 62.0. The van der Waals surface area contributed by atoms with Crippen LogP contribution in [-0.2, 0) is 40.2 Å². The molecule has 6 heteroatoms. The largest absolute Gasteiger partial charge is 0.305 e. The summed E-state index contributed by atoms with van der Waals surface area (Å²) >= 11 is 0. The number of rotatable bonds is 16. The van der Waals surface area contributed by atoms with Crippen LogP contribution in [0.2, 0.25) is 0 Å². The SMILES string of the molecule is Cc1cc(-c2c(-c3c[c-]c(-c4cc(-c5ccccc5)ccn4)cc3)cccc2-c2c[c-]c(-c3cc(-c4ccccc4)ccn3)cc2)cc(-c2c(-c3c[c-]c(-c4ccccn4)cc3-c3cccc(-c4ccccc4)c3)cccc2-c2c[c-]c(-c3ccccn3)cc2-c2cccc(-c3ccccc3)c2)c1.[Ir].[Ir]. The summed E-state index contributed by atoms with van der Waals surface area (Å²) in [5.74, 6) is 0. The van der Waals surface area contributed by atoms with Gasteiger partial charge in [0.1, 0.15) is 0 Å². The van der Waals surface area contributed by atoms with Gasteiger partial charge in [-0.25, -0.2) is 0 Å². The van der Waals surface area contributed by atoms with Crippen LogP contribution >= 0.6 is 0 Å². The summed E-state index contributed by atoms with van der Waals surface area (Å²) in [5, 5.41) is 0. The third kappa shape index (κ3) is 14.5. The molecule has 0 fully saturated rings. The average molecular weight is 1690 g/mol. The van der Waals surface area contributed by atoms with Crippen molar-refractivity contribution in [3.63, 3.8) is 0 Å². The van der Waals surface area contributed by atoms with Crippen LogP contribution in [0.4, 0.5) is 0 Å². The Bertz CT molecular complexity index is 5560. The Morgan fingerprint density at radius 2 is 0.524 bits per heavy atom. The molecule has 0 aliphatic carbocycles. The molecule has 0 unspecified atom stereocenters. The van der Waals surface area contributed by atoms with Crippen LogP contribution in [0.25, 0.3) is 179 Å². The molecule has 17 rings (SSSR count). The normalized spacial score (nSPS) is 10.9. The molecule has 0 spiro atoms. The molecule has 4 nitrogen and oxygen atoms in total. The van der Waals surface area contributed by atoms with Crippen LogP contribution in [0.1, 0.15) is 5.56 Å². The van der Waals surface area contributed by atoms with Crippen LogP contribution < -0.4 is 0 Å². The number of pyridine rings is 4. The van der Waals surface area contributed by atoms with Gasteiger partial charge in [0.15, 0.2) is 0 Å². The van der Waals surface area contributed by atoms with Crippen LogP contribution in [-0.4, -0.2) is 19.9 Å². The van der Waals surface area contributed by atoms with E-state index in [9.17, 15) is 0 Å². The minimum atomic E-state index is 0. The Morgan fingerprint density at radius 1 is 0.190 bits per heavy atom. The molecule has 0 saturated carbocycles. The number of hydrogen-bond acceptors (Lipinski definition) is 4. The van der Waals surface area contributed by atoms with Crippen molar-refractivity contribution in [3.8, 4) is 179 Å². The quantitative estimate of drug-likeness (QED) is 0.0905. The minimum absolute atomic E-state index is 0. The Morgan fingerprint density at radius 3 is 0.914 bits per heavy atom. The summed E-state index contributed by atoms with van der Waals surface area (Å²) in [4.78, 5) is 19.5. The third-order valence-electron chi connectivity index (χ3n) is 19.2. The van der Waals surface area contributed by atoms with Crippen molar-refractivity contribution in [1.82, 2.24) is 19.9 Å². The number of aromatic nitrogens is 4. The summed E-state index contributed by atoms with van der Waals surface area (Å²) in [6.07, 6.45) is 7.48. The van der Waals surface area contributed by atoms with Gasteiger partial charge < -0.3 is 19.9 Å². The topological polar surface area (TPSA) is 51.6 Å². The van der Waals surface area contributed by atoms with Gasteiger partial charge in [0.05, 0.1) is 0 Å². The molecule has 0 saturated heterocycles. The van der Waals surface area contributed by atoms with E-state index in [2.05, 4.69) is 341 Å². The number of nitrogens with zero attached hydrogens (tertiary/aromatic N) is 4. The first-order valence-electron chi connectivity index (χ1n) is 34.7. The average Bonchev–Trinajstić information content (AvgIpc) is 0.744. The summed E-state index contributed by atoms with van der Waals surface area (Å²) in [7, 11) is 0. The second-order valence-corrected chi connectivity index (χ2v) is 25.8. The first-order valence-corrected chi connectivity index (χ1v) is 34.7. The second kappa shape index (κ2) is 31.2. The summed E-state index contributed by atoms with van der Waals surface area (Å²) in [6.45, 7) is 2.22. The predicted molar refractivity (Wildman–Crippen MR) is 425 cm³/mol. The van der Waals surface area contributed by atoms with E-state index in [0.717, 1.165) is 184 Å². The van der Waals surface area contributed by atoms with Gasteiger partial charge in [-0.1, -0.05) is 298 Å². The summed E-state index contributed by atoms with van der Waals surface area (Å²) in [6, 6.07) is 138. The molecule has 0 aliphatic heterocycles. The molecule has 0 atom stereocenters. The van der Waals surface area contributed by atoms with Gasteiger partial charge in [-0.3, -0.25) is 0 Å². The Hall–Kier alpha value is -12.2. The molecule has 4 heterocycles. The maximum absolute atomic E-state index is 4.88. The van der Waals surface area contributed by atoms with E-state index in [0.29, 0.717) is 0 Å². The molecule has 0 aliphatic rings. The first-order chi connectivity index (χ1) is 51.0. The number of benzene rings is 13. The van der Waals surface area contributed by atoms with Gasteiger partial charge in [-0.2, -0.15) is 0 Å². The van der Waals surface area contributed by atoms with Crippen molar-refractivity contribution >= 4 is 0 Å². The van der Waals surface area contributed by atoms with E-state index in [1.165, 1.54) is 0 Å². The molecule has 4 aromatic heterocycles. The van der Waals surface area contributed by atoms with Crippen molar-refractivity contribution in [2.24, 2.45) is 0 Å². The first kappa shape index (κ1) is 68.5. The minimum Gasteiger partial charge on any atom is -0.305 e. The predicted octanol–water partition coefficient (Wildman–Crippen LogP) is 25.4. The Labute approximate surface area is 641 Å². The van der Waals surface area contributed by atoms with Crippen LogP contribution in [0.5, 0.6) is 0 Å². The van der Waals surface area contributed by atoms with Crippen LogP contribution in [0.15, 0.2) is 371 Å². The van der Waals surface area contributed by atoms with Crippen LogP contribution in [0.3, 0.4) is 0 Å².